The van der Waals surface area contributed by atoms with E-state index in [0.717, 1.165) is 30.7 Å². The first-order valence-electron chi connectivity index (χ1n) is 6.95. The van der Waals surface area contributed by atoms with Gasteiger partial charge in [0.05, 0.1) is 12.1 Å². The van der Waals surface area contributed by atoms with Crippen LogP contribution in [0.1, 0.15) is 37.2 Å². The molecule has 0 bridgehead atoms. The molecule has 20 heavy (non-hydrogen) atoms. The Morgan fingerprint density at radius 3 is 2.85 bits per heavy atom. The van der Waals surface area contributed by atoms with Crippen LogP contribution in [0.2, 0.25) is 5.02 Å². The van der Waals surface area contributed by atoms with Crippen LogP contribution in [0.4, 0.5) is 0 Å². The second kappa shape index (κ2) is 5.54. The first-order chi connectivity index (χ1) is 9.65. The molecular weight excluding hydrogens is 274 g/mol. The Morgan fingerprint density at radius 2 is 2.15 bits per heavy atom. The zero-order valence-electron chi connectivity index (χ0n) is 11.2. The minimum absolute atomic E-state index is 0.384. The fourth-order valence-electron chi connectivity index (χ4n) is 3.12. The van der Waals surface area contributed by atoms with Crippen molar-refractivity contribution in [1.82, 2.24) is 14.8 Å². The quantitative estimate of drug-likeness (QED) is 0.946. The highest BCUT2D eigenvalue weighted by molar-refractivity contribution is 6.30. The molecule has 3 rings (SSSR count). The van der Waals surface area contributed by atoms with E-state index in [1.165, 1.54) is 11.9 Å². The van der Waals surface area contributed by atoms with Gasteiger partial charge in [-0.1, -0.05) is 23.7 Å². The van der Waals surface area contributed by atoms with Gasteiger partial charge < -0.3 is 5.11 Å². The van der Waals surface area contributed by atoms with Crippen molar-refractivity contribution in [2.45, 2.75) is 43.7 Å². The van der Waals surface area contributed by atoms with Gasteiger partial charge in [-0.3, -0.25) is 4.68 Å². The first-order valence-corrected chi connectivity index (χ1v) is 7.33. The second-order valence-corrected chi connectivity index (χ2v) is 6.10. The maximum atomic E-state index is 10.8. The Kier molecular flexibility index (Phi) is 3.76. The summed E-state index contributed by atoms with van der Waals surface area (Å²) in [6, 6.07) is 7.96. The molecule has 2 unspecified atom stereocenters. The van der Waals surface area contributed by atoms with Gasteiger partial charge in [0.2, 0.25) is 0 Å². The lowest BCUT2D eigenvalue weighted by Crippen LogP contribution is -2.39. The summed E-state index contributed by atoms with van der Waals surface area (Å²) in [4.78, 5) is 3.93. The van der Waals surface area contributed by atoms with E-state index in [1.807, 2.05) is 12.1 Å². The van der Waals surface area contributed by atoms with Gasteiger partial charge in [-0.15, -0.1) is 0 Å². The third-order valence-corrected chi connectivity index (χ3v) is 4.34. The number of hydrogen-bond donors (Lipinski definition) is 1. The summed E-state index contributed by atoms with van der Waals surface area (Å²) < 4.78 is 1.71. The molecule has 2 aromatic rings. The van der Waals surface area contributed by atoms with Crippen LogP contribution in [-0.2, 0) is 6.54 Å². The van der Waals surface area contributed by atoms with Crippen molar-refractivity contribution in [2.75, 3.05) is 0 Å². The molecule has 4 nitrogen and oxygen atoms in total. The number of halogens is 1. The standard InChI is InChI=1S/C15H18ClN3O/c16-14-5-3-12(4-6-14)13-2-1-7-15(20,8-13)9-19-11-17-10-18-19/h3-6,10-11,13,20H,1-2,7-9H2. The average Bonchev–Trinajstić information content (AvgIpc) is 2.91. The van der Waals surface area contributed by atoms with Gasteiger partial charge in [0.25, 0.3) is 0 Å². The number of aromatic nitrogens is 3. The molecule has 1 N–H and O–H groups in total. The predicted molar refractivity (Wildman–Crippen MR) is 77.6 cm³/mol. The van der Waals surface area contributed by atoms with Gasteiger partial charge >= 0.3 is 0 Å². The van der Waals surface area contributed by atoms with E-state index in [-0.39, 0.29) is 0 Å². The lowest BCUT2D eigenvalue weighted by atomic mass is 9.75. The van der Waals surface area contributed by atoms with Crippen LogP contribution >= 0.6 is 11.6 Å². The number of nitrogens with zero attached hydrogens (tertiary/aromatic N) is 3. The van der Waals surface area contributed by atoms with E-state index < -0.39 is 5.60 Å². The molecule has 1 saturated carbocycles. The van der Waals surface area contributed by atoms with Crippen molar-refractivity contribution in [3.05, 3.63) is 47.5 Å². The highest BCUT2D eigenvalue weighted by atomic mass is 35.5. The Hall–Kier alpha value is -1.39. The lowest BCUT2D eigenvalue weighted by Gasteiger charge is -2.37. The summed E-state index contributed by atoms with van der Waals surface area (Å²) in [5.74, 6) is 0.384. The molecule has 0 spiro atoms. The highest BCUT2D eigenvalue weighted by Gasteiger charge is 2.35. The predicted octanol–water partition coefficient (Wildman–Crippen LogP) is 3.02. The Morgan fingerprint density at radius 1 is 1.35 bits per heavy atom. The molecule has 0 saturated heterocycles. The molecule has 2 atom stereocenters. The summed E-state index contributed by atoms with van der Waals surface area (Å²) in [6.07, 6.45) is 6.87. The fourth-order valence-corrected chi connectivity index (χ4v) is 3.25. The summed E-state index contributed by atoms with van der Waals surface area (Å²) in [7, 11) is 0. The maximum absolute atomic E-state index is 10.8. The van der Waals surface area contributed by atoms with E-state index in [0.29, 0.717) is 12.5 Å². The molecule has 106 valence electrons. The van der Waals surface area contributed by atoms with Gasteiger partial charge in [0.1, 0.15) is 12.7 Å². The molecule has 1 fully saturated rings. The zero-order valence-corrected chi connectivity index (χ0v) is 12.0. The molecule has 1 aliphatic carbocycles. The number of hydrogen-bond acceptors (Lipinski definition) is 3. The van der Waals surface area contributed by atoms with Crippen LogP contribution in [0.5, 0.6) is 0 Å². The van der Waals surface area contributed by atoms with E-state index in [2.05, 4.69) is 22.2 Å². The molecular formula is C15H18ClN3O. The van der Waals surface area contributed by atoms with Crippen molar-refractivity contribution in [1.29, 1.82) is 0 Å². The average molecular weight is 292 g/mol. The van der Waals surface area contributed by atoms with Crippen molar-refractivity contribution in [2.24, 2.45) is 0 Å². The molecule has 1 aliphatic rings. The maximum Gasteiger partial charge on any atom is 0.137 e. The molecule has 0 radical (unpaired) electrons. The van der Waals surface area contributed by atoms with Crippen LogP contribution in [0.3, 0.4) is 0 Å². The largest absolute Gasteiger partial charge is 0.388 e. The van der Waals surface area contributed by atoms with Crippen LogP contribution in [-0.4, -0.2) is 25.5 Å². The van der Waals surface area contributed by atoms with E-state index >= 15 is 0 Å². The SMILES string of the molecule is OC1(Cn2cncn2)CCCC(c2ccc(Cl)cc2)C1. The molecule has 1 aromatic heterocycles. The smallest absolute Gasteiger partial charge is 0.137 e. The summed E-state index contributed by atoms with van der Waals surface area (Å²) >= 11 is 5.93. The lowest BCUT2D eigenvalue weighted by molar-refractivity contribution is -0.0213. The number of benzene rings is 1. The molecule has 0 amide bonds. The number of rotatable bonds is 3. The van der Waals surface area contributed by atoms with Crippen LogP contribution in [0, 0.1) is 0 Å². The third-order valence-electron chi connectivity index (χ3n) is 4.09. The summed E-state index contributed by atoms with van der Waals surface area (Å²) in [5, 5.41) is 15.7. The topological polar surface area (TPSA) is 50.9 Å². The summed E-state index contributed by atoms with van der Waals surface area (Å²) in [5.41, 5.74) is 0.558. The van der Waals surface area contributed by atoms with Crippen LogP contribution in [0.15, 0.2) is 36.9 Å². The van der Waals surface area contributed by atoms with Crippen molar-refractivity contribution in [3.63, 3.8) is 0 Å². The van der Waals surface area contributed by atoms with Crippen molar-refractivity contribution < 1.29 is 5.11 Å². The van der Waals surface area contributed by atoms with E-state index in [1.54, 1.807) is 11.0 Å². The van der Waals surface area contributed by atoms with Crippen LogP contribution in [0.25, 0.3) is 0 Å². The minimum Gasteiger partial charge on any atom is -0.388 e. The molecule has 1 aromatic carbocycles. The van der Waals surface area contributed by atoms with Gasteiger partial charge in [-0.25, -0.2) is 4.98 Å². The van der Waals surface area contributed by atoms with Crippen molar-refractivity contribution in [3.8, 4) is 0 Å². The molecule has 0 aliphatic heterocycles. The van der Waals surface area contributed by atoms with Gasteiger partial charge in [-0.05, 0) is 49.3 Å². The second-order valence-electron chi connectivity index (χ2n) is 5.66. The van der Waals surface area contributed by atoms with Crippen molar-refractivity contribution >= 4 is 11.6 Å². The minimum atomic E-state index is -0.698. The van der Waals surface area contributed by atoms with Gasteiger partial charge in [0, 0.05) is 5.02 Å². The monoisotopic (exact) mass is 291 g/mol. The molecule has 1 heterocycles. The number of aliphatic hydroxyl groups is 1. The Bertz CT molecular complexity index is 555. The van der Waals surface area contributed by atoms with Gasteiger partial charge in [-0.2, -0.15) is 5.10 Å². The fraction of sp³-hybridized carbons (Fsp3) is 0.467. The third kappa shape index (κ3) is 3.02. The highest BCUT2D eigenvalue weighted by Crippen LogP contribution is 2.39. The summed E-state index contributed by atoms with van der Waals surface area (Å²) in [6.45, 7) is 0.511. The Labute approximate surface area is 123 Å². The normalized spacial score (nSPS) is 26.6. The Balaban J connectivity index is 1.74. The molecule has 5 heteroatoms. The first kappa shape index (κ1) is 13.6. The zero-order chi connectivity index (χ0) is 14.0. The van der Waals surface area contributed by atoms with Crippen LogP contribution < -0.4 is 0 Å². The van der Waals surface area contributed by atoms with Gasteiger partial charge in [0.15, 0.2) is 0 Å². The van der Waals surface area contributed by atoms with E-state index in [9.17, 15) is 5.11 Å². The van der Waals surface area contributed by atoms with E-state index in [4.69, 9.17) is 11.6 Å².